The fourth-order valence-corrected chi connectivity index (χ4v) is 3.24. The normalized spacial score (nSPS) is 11.4. The molecule has 0 atom stereocenters. The first-order valence-corrected chi connectivity index (χ1v) is 9.60. The van der Waals surface area contributed by atoms with Crippen LogP contribution in [0.2, 0.25) is 0 Å². The highest BCUT2D eigenvalue weighted by Gasteiger charge is 2.15. The Balaban J connectivity index is 1.89. The largest absolute Gasteiger partial charge is 0.348 e. The Morgan fingerprint density at radius 2 is 1.86 bits per heavy atom. The Hall–Kier alpha value is -3.40. The van der Waals surface area contributed by atoms with E-state index in [1.165, 1.54) is 6.07 Å². The van der Waals surface area contributed by atoms with Crippen LogP contribution in [0.25, 0.3) is 11.3 Å². The van der Waals surface area contributed by atoms with Crippen LogP contribution in [0.5, 0.6) is 0 Å². The minimum absolute atomic E-state index is 0.245. The standard InChI is InChI=1S/C25H26FN3/c1-6-21(17-28(5)25-13-12-18(2)16-23(25)26)19(3)20(4)24-14-15-27-29(24)22-10-8-7-9-11-22/h7-17H,3-4,6H2,1-2,5H3/b21-17-. The van der Waals surface area contributed by atoms with Crippen molar-refractivity contribution in [3.63, 3.8) is 0 Å². The molecule has 3 aromatic rings. The number of para-hydroxylation sites is 1. The minimum Gasteiger partial charge on any atom is -0.348 e. The maximum absolute atomic E-state index is 14.4. The molecule has 0 saturated carbocycles. The first-order valence-electron chi connectivity index (χ1n) is 9.60. The monoisotopic (exact) mass is 387 g/mol. The first-order chi connectivity index (χ1) is 13.9. The van der Waals surface area contributed by atoms with E-state index >= 15 is 0 Å². The van der Waals surface area contributed by atoms with Gasteiger partial charge >= 0.3 is 0 Å². The Labute approximate surface area is 172 Å². The van der Waals surface area contributed by atoms with Gasteiger partial charge in [0.1, 0.15) is 5.82 Å². The van der Waals surface area contributed by atoms with Crippen molar-refractivity contribution in [3.8, 4) is 5.69 Å². The third-order valence-electron chi connectivity index (χ3n) is 4.92. The van der Waals surface area contributed by atoms with E-state index in [1.807, 2.05) is 67.3 Å². The summed E-state index contributed by atoms with van der Waals surface area (Å²) in [4.78, 5) is 1.79. The lowest BCUT2D eigenvalue weighted by Crippen LogP contribution is -2.12. The number of rotatable bonds is 7. The van der Waals surface area contributed by atoms with Crippen molar-refractivity contribution in [2.75, 3.05) is 11.9 Å². The predicted molar refractivity (Wildman–Crippen MR) is 120 cm³/mol. The molecule has 2 aromatic carbocycles. The second kappa shape index (κ2) is 8.74. The van der Waals surface area contributed by atoms with Gasteiger partial charge in [0.2, 0.25) is 0 Å². The van der Waals surface area contributed by atoms with E-state index in [9.17, 15) is 4.39 Å². The third-order valence-corrected chi connectivity index (χ3v) is 4.92. The highest BCUT2D eigenvalue weighted by molar-refractivity contribution is 5.80. The molecule has 0 N–H and O–H groups in total. The molecule has 0 fully saturated rings. The van der Waals surface area contributed by atoms with Gasteiger partial charge in [-0.3, -0.25) is 0 Å². The number of anilines is 1. The summed E-state index contributed by atoms with van der Waals surface area (Å²) in [6.45, 7) is 12.5. The van der Waals surface area contributed by atoms with Crippen molar-refractivity contribution >= 4 is 11.3 Å². The second-order valence-corrected chi connectivity index (χ2v) is 6.99. The lowest BCUT2D eigenvalue weighted by Gasteiger charge is -2.20. The Morgan fingerprint density at radius 1 is 1.14 bits per heavy atom. The van der Waals surface area contributed by atoms with Crippen LogP contribution in [0.3, 0.4) is 0 Å². The molecular weight excluding hydrogens is 361 g/mol. The van der Waals surface area contributed by atoms with E-state index in [0.29, 0.717) is 5.69 Å². The van der Waals surface area contributed by atoms with Crippen LogP contribution in [0.15, 0.2) is 91.3 Å². The van der Waals surface area contributed by atoms with Gasteiger partial charge in [-0.1, -0.05) is 44.3 Å². The molecule has 29 heavy (non-hydrogen) atoms. The Bertz CT molecular complexity index is 1060. The molecule has 0 unspecified atom stereocenters. The number of allylic oxidation sites excluding steroid dienone is 3. The number of hydrogen-bond donors (Lipinski definition) is 0. The van der Waals surface area contributed by atoms with Crippen LogP contribution < -0.4 is 4.90 Å². The van der Waals surface area contributed by atoms with Gasteiger partial charge in [-0.15, -0.1) is 0 Å². The summed E-state index contributed by atoms with van der Waals surface area (Å²) in [5, 5.41) is 4.44. The van der Waals surface area contributed by atoms with E-state index in [0.717, 1.165) is 40.1 Å². The molecule has 3 nitrogen and oxygen atoms in total. The summed E-state index contributed by atoms with van der Waals surface area (Å²) in [7, 11) is 1.84. The van der Waals surface area contributed by atoms with Gasteiger partial charge < -0.3 is 4.90 Å². The smallest absolute Gasteiger partial charge is 0.147 e. The number of aryl methyl sites for hydroxylation is 1. The number of benzene rings is 2. The van der Waals surface area contributed by atoms with Gasteiger partial charge in [-0.2, -0.15) is 5.10 Å². The van der Waals surface area contributed by atoms with E-state index < -0.39 is 0 Å². The van der Waals surface area contributed by atoms with Crippen LogP contribution in [-0.4, -0.2) is 16.8 Å². The molecule has 148 valence electrons. The zero-order valence-corrected chi connectivity index (χ0v) is 17.2. The average Bonchev–Trinajstić information content (AvgIpc) is 3.21. The van der Waals surface area contributed by atoms with Crippen molar-refractivity contribution in [3.05, 3.63) is 108 Å². The van der Waals surface area contributed by atoms with E-state index in [4.69, 9.17) is 0 Å². The van der Waals surface area contributed by atoms with Crippen LogP contribution >= 0.6 is 0 Å². The zero-order valence-electron chi connectivity index (χ0n) is 17.2. The number of aromatic nitrogens is 2. The maximum atomic E-state index is 14.4. The summed E-state index contributed by atoms with van der Waals surface area (Å²) >= 11 is 0. The van der Waals surface area contributed by atoms with Crippen molar-refractivity contribution in [1.29, 1.82) is 0 Å². The molecule has 0 aliphatic rings. The van der Waals surface area contributed by atoms with Gasteiger partial charge in [0, 0.05) is 18.8 Å². The van der Waals surface area contributed by atoms with E-state index in [2.05, 4.69) is 25.2 Å². The molecule has 3 rings (SSSR count). The average molecular weight is 388 g/mol. The summed E-state index contributed by atoms with van der Waals surface area (Å²) < 4.78 is 16.2. The molecular formula is C25H26FN3. The fourth-order valence-electron chi connectivity index (χ4n) is 3.24. The minimum atomic E-state index is -0.245. The summed E-state index contributed by atoms with van der Waals surface area (Å²) in [6, 6.07) is 17.1. The first kappa shape index (κ1) is 20.3. The summed E-state index contributed by atoms with van der Waals surface area (Å²) in [6.07, 6.45) is 4.42. The van der Waals surface area contributed by atoms with Gasteiger partial charge in [0.15, 0.2) is 0 Å². The third kappa shape index (κ3) is 4.37. The van der Waals surface area contributed by atoms with Gasteiger partial charge in [0.05, 0.1) is 23.3 Å². The van der Waals surface area contributed by atoms with Gasteiger partial charge in [0.25, 0.3) is 0 Å². The molecule has 0 amide bonds. The number of nitrogens with zero attached hydrogens (tertiary/aromatic N) is 3. The highest BCUT2D eigenvalue weighted by Crippen LogP contribution is 2.30. The second-order valence-electron chi connectivity index (χ2n) is 6.99. The zero-order chi connectivity index (χ0) is 21.0. The molecule has 1 aromatic heterocycles. The molecule has 0 spiro atoms. The van der Waals surface area contributed by atoms with Crippen molar-refractivity contribution in [2.45, 2.75) is 20.3 Å². The van der Waals surface area contributed by atoms with Crippen molar-refractivity contribution in [1.82, 2.24) is 9.78 Å². The SMILES string of the molecule is C=C(C(=C)c1ccnn1-c1ccccc1)/C(=C\N(C)c1ccc(C)cc1F)CC. The Kier molecular flexibility index (Phi) is 6.13. The topological polar surface area (TPSA) is 21.1 Å². The number of halogens is 1. The van der Waals surface area contributed by atoms with Crippen LogP contribution in [0, 0.1) is 12.7 Å². The Morgan fingerprint density at radius 3 is 2.52 bits per heavy atom. The molecule has 1 heterocycles. The van der Waals surface area contributed by atoms with Crippen LogP contribution in [-0.2, 0) is 0 Å². The van der Waals surface area contributed by atoms with E-state index in [1.54, 1.807) is 17.2 Å². The van der Waals surface area contributed by atoms with Gasteiger partial charge in [-0.25, -0.2) is 9.07 Å². The number of hydrogen-bond acceptors (Lipinski definition) is 2. The lowest BCUT2D eigenvalue weighted by atomic mass is 9.97. The van der Waals surface area contributed by atoms with Crippen molar-refractivity contribution in [2.24, 2.45) is 0 Å². The summed E-state index contributed by atoms with van der Waals surface area (Å²) in [5.74, 6) is -0.245. The quantitative estimate of drug-likeness (QED) is 0.442. The molecule has 0 aliphatic heterocycles. The molecule has 0 radical (unpaired) electrons. The predicted octanol–water partition coefficient (Wildman–Crippen LogP) is 6.32. The molecule has 0 saturated heterocycles. The van der Waals surface area contributed by atoms with Crippen LogP contribution in [0.4, 0.5) is 10.1 Å². The maximum Gasteiger partial charge on any atom is 0.147 e. The molecule has 0 aliphatic carbocycles. The van der Waals surface area contributed by atoms with Crippen molar-refractivity contribution < 1.29 is 4.39 Å². The van der Waals surface area contributed by atoms with Gasteiger partial charge in [-0.05, 0) is 60.4 Å². The fraction of sp³-hybridized carbons (Fsp3) is 0.160. The van der Waals surface area contributed by atoms with E-state index in [-0.39, 0.29) is 5.82 Å². The molecule has 4 heteroatoms. The van der Waals surface area contributed by atoms with Crippen LogP contribution in [0.1, 0.15) is 24.6 Å². The summed E-state index contributed by atoms with van der Waals surface area (Å²) in [5.41, 5.74) is 5.84. The lowest BCUT2D eigenvalue weighted by molar-refractivity contribution is 0.626. The molecule has 0 bridgehead atoms. The highest BCUT2D eigenvalue weighted by atomic mass is 19.1.